The molecule has 82 valence electrons. The van der Waals surface area contributed by atoms with Gasteiger partial charge >= 0.3 is 0 Å². The first-order valence-corrected chi connectivity index (χ1v) is 6.09. The summed E-state index contributed by atoms with van der Waals surface area (Å²) < 4.78 is 2.48. The minimum atomic E-state index is 0.657. The molecule has 0 aliphatic carbocycles. The molecule has 1 N–H and O–H groups in total. The van der Waals surface area contributed by atoms with Crippen LogP contribution in [0.2, 0.25) is 0 Å². The SMILES string of the molecule is CC1CCc2cnc(C3CCNC3)n2C1. The zero-order valence-electron chi connectivity index (χ0n) is 9.37. The molecule has 1 fully saturated rings. The number of nitrogens with zero attached hydrogens (tertiary/aromatic N) is 2. The first-order chi connectivity index (χ1) is 7.34. The van der Waals surface area contributed by atoms with Crippen LogP contribution in [0.5, 0.6) is 0 Å². The Labute approximate surface area is 90.9 Å². The molecule has 1 aromatic rings. The van der Waals surface area contributed by atoms with Crippen LogP contribution in [0.1, 0.15) is 37.2 Å². The molecule has 15 heavy (non-hydrogen) atoms. The third-order valence-corrected chi connectivity index (χ3v) is 3.78. The molecule has 0 bridgehead atoms. The van der Waals surface area contributed by atoms with Crippen molar-refractivity contribution in [1.29, 1.82) is 0 Å². The molecule has 2 unspecified atom stereocenters. The van der Waals surface area contributed by atoms with Crippen LogP contribution in [-0.4, -0.2) is 22.6 Å². The molecule has 0 radical (unpaired) electrons. The van der Waals surface area contributed by atoms with Crippen molar-refractivity contribution in [1.82, 2.24) is 14.9 Å². The Morgan fingerprint density at radius 3 is 3.20 bits per heavy atom. The zero-order valence-corrected chi connectivity index (χ0v) is 9.37. The van der Waals surface area contributed by atoms with E-state index in [1.165, 1.54) is 37.3 Å². The summed E-state index contributed by atoms with van der Waals surface area (Å²) in [5.74, 6) is 2.81. The van der Waals surface area contributed by atoms with E-state index in [2.05, 4.69) is 28.0 Å². The van der Waals surface area contributed by atoms with Crippen LogP contribution < -0.4 is 5.32 Å². The van der Waals surface area contributed by atoms with E-state index in [9.17, 15) is 0 Å². The van der Waals surface area contributed by atoms with Gasteiger partial charge in [0.2, 0.25) is 0 Å². The van der Waals surface area contributed by atoms with Crippen LogP contribution in [0.25, 0.3) is 0 Å². The Hall–Kier alpha value is -0.830. The minimum absolute atomic E-state index is 0.657. The number of aromatic nitrogens is 2. The summed E-state index contributed by atoms with van der Waals surface area (Å²) in [6.45, 7) is 5.80. The lowest BCUT2D eigenvalue weighted by Crippen LogP contribution is -2.21. The Balaban J connectivity index is 1.92. The summed E-state index contributed by atoms with van der Waals surface area (Å²) in [6.07, 6.45) is 5.90. The normalized spacial score (nSPS) is 30.5. The number of aryl methyl sites for hydroxylation is 1. The van der Waals surface area contributed by atoms with Gasteiger partial charge in [-0.1, -0.05) is 6.92 Å². The highest BCUT2D eigenvalue weighted by Crippen LogP contribution is 2.27. The number of fused-ring (bicyclic) bond motifs is 1. The Morgan fingerprint density at radius 2 is 2.40 bits per heavy atom. The van der Waals surface area contributed by atoms with E-state index < -0.39 is 0 Å². The minimum Gasteiger partial charge on any atom is -0.332 e. The molecule has 0 spiro atoms. The quantitative estimate of drug-likeness (QED) is 0.753. The molecule has 0 saturated carbocycles. The van der Waals surface area contributed by atoms with Crippen LogP contribution in [0, 0.1) is 5.92 Å². The van der Waals surface area contributed by atoms with Crippen LogP contribution in [0.15, 0.2) is 6.20 Å². The highest BCUT2D eigenvalue weighted by Gasteiger charge is 2.25. The largest absolute Gasteiger partial charge is 0.332 e. The monoisotopic (exact) mass is 205 g/mol. The molecular weight excluding hydrogens is 186 g/mol. The predicted molar refractivity (Wildman–Crippen MR) is 59.9 cm³/mol. The number of rotatable bonds is 1. The van der Waals surface area contributed by atoms with Gasteiger partial charge in [-0.15, -0.1) is 0 Å². The standard InChI is InChI=1S/C12H19N3/c1-9-2-3-11-7-14-12(15(11)8-9)10-4-5-13-6-10/h7,9-10,13H,2-6,8H2,1H3. The van der Waals surface area contributed by atoms with E-state index in [4.69, 9.17) is 0 Å². The van der Waals surface area contributed by atoms with E-state index in [1.54, 1.807) is 0 Å². The lowest BCUT2D eigenvalue weighted by atomic mass is 9.99. The highest BCUT2D eigenvalue weighted by atomic mass is 15.1. The molecule has 2 aliphatic rings. The molecule has 0 amide bonds. The van der Waals surface area contributed by atoms with Gasteiger partial charge in [0.1, 0.15) is 5.82 Å². The molecule has 3 rings (SSSR count). The first-order valence-electron chi connectivity index (χ1n) is 6.09. The maximum Gasteiger partial charge on any atom is 0.113 e. The van der Waals surface area contributed by atoms with Gasteiger partial charge in [0.25, 0.3) is 0 Å². The van der Waals surface area contributed by atoms with Crippen LogP contribution in [0.3, 0.4) is 0 Å². The summed E-state index contributed by atoms with van der Waals surface area (Å²) >= 11 is 0. The number of nitrogens with one attached hydrogen (secondary N) is 1. The van der Waals surface area contributed by atoms with E-state index in [1.807, 2.05) is 0 Å². The molecule has 1 saturated heterocycles. The molecule has 3 nitrogen and oxygen atoms in total. The molecule has 1 aromatic heterocycles. The molecule has 2 atom stereocenters. The van der Waals surface area contributed by atoms with Crippen molar-refractivity contribution in [2.24, 2.45) is 5.92 Å². The third-order valence-electron chi connectivity index (χ3n) is 3.78. The summed E-state index contributed by atoms with van der Waals surface area (Å²) in [6, 6.07) is 0. The van der Waals surface area contributed by atoms with Crippen molar-refractivity contribution < 1.29 is 0 Å². The summed E-state index contributed by atoms with van der Waals surface area (Å²) in [5, 5.41) is 3.43. The van der Waals surface area contributed by atoms with Crippen molar-refractivity contribution in [3.8, 4) is 0 Å². The fourth-order valence-electron chi connectivity index (χ4n) is 2.84. The maximum absolute atomic E-state index is 4.64. The van der Waals surface area contributed by atoms with Crippen LogP contribution in [-0.2, 0) is 13.0 Å². The molecular formula is C12H19N3. The number of hydrogen-bond acceptors (Lipinski definition) is 2. The molecule has 0 aromatic carbocycles. The molecule has 3 heteroatoms. The van der Waals surface area contributed by atoms with Crippen molar-refractivity contribution >= 4 is 0 Å². The number of imidazole rings is 1. The van der Waals surface area contributed by atoms with Crippen molar-refractivity contribution in [2.75, 3.05) is 13.1 Å². The van der Waals surface area contributed by atoms with Crippen molar-refractivity contribution in [3.63, 3.8) is 0 Å². The van der Waals surface area contributed by atoms with Gasteiger partial charge in [0, 0.05) is 30.9 Å². The Kier molecular flexibility index (Phi) is 2.28. The van der Waals surface area contributed by atoms with Gasteiger partial charge in [-0.25, -0.2) is 4.98 Å². The van der Waals surface area contributed by atoms with Gasteiger partial charge in [-0.05, 0) is 31.7 Å². The molecule has 2 aliphatic heterocycles. The van der Waals surface area contributed by atoms with Crippen LogP contribution in [0.4, 0.5) is 0 Å². The topological polar surface area (TPSA) is 29.9 Å². The summed E-state index contributed by atoms with van der Waals surface area (Å²) in [5.41, 5.74) is 1.45. The second-order valence-corrected chi connectivity index (χ2v) is 5.05. The van der Waals surface area contributed by atoms with E-state index in [0.717, 1.165) is 19.0 Å². The average Bonchev–Trinajstić information content (AvgIpc) is 2.83. The Morgan fingerprint density at radius 1 is 1.47 bits per heavy atom. The Bertz CT molecular complexity index is 350. The number of hydrogen-bond donors (Lipinski definition) is 1. The van der Waals surface area contributed by atoms with Gasteiger partial charge in [0.05, 0.1) is 0 Å². The van der Waals surface area contributed by atoms with Gasteiger partial charge in [-0.3, -0.25) is 0 Å². The van der Waals surface area contributed by atoms with E-state index in [-0.39, 0.29) is 0 Å². The predicted octanol–water partition coefficient (Wildman–Crippen LogP) is 1.54. The van der Waals surface area contributed by atoms with Crippen LogP contribution >= 0.6 is 0 Å². The second-order valence-electron chi connectivity index (χ2n) is 5.05. The third kappa shape index (κ3) is 1.59. The van der Waals surface area contributed by atoms with Gasteiger partial charge in [-0.2, -0.15) is 0 Å². The van der Waals surface area contributed by atoms with Crippen molar-refractivity contribution in [3.05, 3.63) is 17.7 Å². The maximum atomic E-state index is 4.64. The smallest absolute Gasteiger partial charge is 0.113 e. The highest BCUT2D eigenvalue weighted by molar-refractivity contribution is 5.13. The van der Waals surface area contributed by atoms with Gasteiger partial charge < -0.3 is 9.88 Å². The lowest BCUT2D eigenvalue weighted by molar-refractivity contribution is 0.385. The zero-order chi connectivity index (χ0) is 10.3. The fraction of sp³-hybridized carbons (Fsp3) is 0.750. The first kappa shape index (κ1) is 9.40. The lowest BCUT2D eigenvalue weighted by Gasteiger charge is -2.23. The summed E-state index contributed by atoms with van der Waals surface area (Å²) in [4.78, 5) is 4.64. The fourth-order valence-corrected chi connectivity index (χ4v) is 2.84. The average molecular weight is 205 g/mol. The molecule has 3 heterocycles. The van der Waals surface area contributed by atoms with Gasteiger partial charge in [0.15, 0.2) is 0 Å². The van der Waals surface area contributed by atoms with E-state index >= 15 is 0 Å². The summed E-state index contributed by atoms with van der Waals surface area (Å²) in [7, 11) is 0. The van der Waals surface area contributed by atoms with Crippen molar-refractivity contribution in [2.45, 2.75) is 38.6 Å². The van der Waals surface area contributed by atoms with E-state index in [0.29, 0.717) is 5.92 Å². The second kappa shape index (κ2) is 3.63.